The summed E-state index contributed by atoms with van der Waals surface area (Å²) in [5, 5.41) is 9.44. The number of hydrogen-bond acceptors (Lipinski definition) is 2. The van der Waals surface area contributed by atoms with Crippen LogP contribution in [-0.4, -0.2) is 11.2 Å². The number of aliphatic hydroxyl groups excluding tert-OH is 1. The zero-order chi connectivity index (χ0) is 16.6. The number of nitrogens with two attached hydrogens (primary N) is 1. The highest BCUT2D eigenvalue weighted by atomic mass is 19.4. The largest absolute Gasteiger partial charge is 0.416 e. The summed E-state index contributed by atoms with van der Waals surface area (Å²) in [6, 6.07) is -2.05. The first-order valence-electron chi connectivity index (χ1n) is 5.81. The smallest absolute Gasteiger partial charge is 0.391 e. The first kappa shape index (κ1) is 17.7. The van der Waals surface area contributed by atoms with E-state index in [2.05, 4.69) is 0 Å². The Morgan fingerprint density at radius 3 is 2.00 bits per heavy atom. The van der Waals surface area contributed by atoms with Crippen molar-refractivity contribution in [3.63, 3.8) is 0 Å². The fourth-order valence-corrected chi connectivity index (χ4v) is 1.80. The molecule has 1 aromatic carbocycles. The predicted molar refractivity (Wildman–Crippen MR) is 59.6 cm³/mol. The van der Waals surface area contributed by atoms with E-state index in [1.54, 1.807) is 0 Å². The molecule has 0 aliphatic rings. The number of aliphatic hydroxyl groups is 1. The van der Waals surface area contributed by atoms with E-state index in [0.29, 0.717) is 0 Å². The van der Waals surface area contributed by atoms with Gasteiger partial charge in [0.25, 0.3) is 0 Å². The van der Waals surface area contributed by atoms with Gasteiger partial charge in [0, 0.05) is 5.56 Å². The van der Waals surface area contributed by atoms with Gasteiger partial charge in [0.15, 0.2) is 0 Å². The van der Waals surface area contributed by atoms with Crippen molar-refractivity contribution in [3.05, 3.63) is 34.6 Å². The third-order valence-corrected chi connectivity index (χ3v) is 2.93. The monoisotopic (exact) mass is 319 g/mol. The van der Waals surface area contributed by atoms with Crippen LogP contribution in [-0.2, 0) is 12.4 Å². The Balaban J connectivity index is 3.57. The maximum absolute atomic E-state index is 13.7. The maximum atomic E-state index is 13.7. The zero-order valence-electron chi connectivity index (χ0n) is 10.7. The van der Waals surface area contributed by atoms with Crippen LogP contribution < -0.4 is 5.73 Å². The Morgan fingerprint density at radius 1 is 1.10 bits per heavy atom. The van der Waals surface area contributed by atoms with Crippen molar-refractivity contribution < 1.29 is 35.8 Å². The summed E-state index contributed by atoms with van der Waals surface area (Å²) >= 11 is 0. The van der Waals surface area contributed by atoms with Gasteiger partial charge in [-0.05, 0) is 18.6 Å². The molecule has 0 spiro atoms. The van der Waals surface area contributed by atoms with Gasteiger partial charge in [0.1, 0.15) is 5.82 Å². The quantitative estimate of drug-likeness (QED) is 0.836. The SMILES string of the molecule is CC[C@@H](O)[C@@H](N)c1c(F)cc(C(F)(F)F)cc1C(F)(F)F. The average Bonchev–Trinajstić information content (AvgIpc) is 2.33. The zero-order valence-corrected chi connectivity index (χ0v) is 10.7. The molecule has 0 fully saturated rings. The Morgan fingerprint density at radius 2 is 1.62 bits per heavy atom. The molecule has 0 unspecified atom stereocenters. The molecule has 1 rings (SSSR count). The van der Waals surface area contributed by atoms with Crippen LogP contribution in [0.5, 0.6) is 0 Å². The summed E-state index contributed by atoms with van der Waals surface area (Å²) in [6.07, 6.45) is -12.0. The van der Waals surface area contributed by atoms with E-state index in [-0.39, 0.29) is 18.6 Å². The van der Waals surface area contributed by atoms with Crippen LogP contribution in [0.3, 0.4) is 0 Å². The number of rotatable bonds is 3. The lowest BCUT2D eigenvalue weighted by atomic mass is 9.93. The molecule has 0 saturated carbocycles. The highest BCUT2D eigenvalue weighted by Gasteiger charge is 2.41. The van der Waals surface area contributed by atoms with Crippen LogP contribution in [0.4, 0.5) is 30.7 Å². The Labute approximate surface area is 115 Å². The molecule has 120 valence electrons. The highest BCUT2D eigenvalue weighted by Crippen LogP contribution is 2.40. The summed E-state index contributed by atoms with van der Waals surface area (Å²) in [7, 11) is 0. The van der Waals surface area contributed by atoms with Gasteiger partial charge >= 0.3 is 12.4 Å². The van der Waals surface area contributed by atoms with Crippen molar-refractivity contribution >= 4 is 0 Å². The van der Waals surface area contributed by atoms with Crippen LogP contribution in [0, 0.1) is 5.82 Å². The summed E-state index contributed by atoms with van der Waals surface area (Å²) < 4.78 is 89.7. The fraction of sp³-hybridized carbons (Fsp3) is 0.500. The van der Waals surface area contributed by atoms with Crippen molar-refractivity contribution in [1.29, 1.82) is 0 Å². The van der Waals surface area contributed by atoms with Gasteiger partial charge in [-0.1, -0.05) is 6.92 Å². The molecule has 2 atom stereocenters. The van der Waals surface area contributed by atoms with Gasteiger partial charge in [-0.2, -0.15) is 26.3 Å². The Hall–Kier alpha value is -1.35. The molecular weight excluding hydrogens is 307 g/mol. The van der Waals surface area contributed by atoms with E-state index >= 15 is 0 Å². The second-order valence-electron chi connectivity index (χ2n) is 4.42. The van der Waals surface area contributed by atoms with Crippen LogP contribution in [0.2, 0.25) is 0 Å². The molecule has 0 amide bonds. The van der Waals surface area contributed by atoms with Gasteiger partial charge in [-0.25, -0.2) is 4.39 Å². The van der Waals surface area contributed by atoms with E-state index in [1.807, 2.05) is 0 Å². The summed E-state index contributed by atoms with van der Waals surface area (Å²) in [5.41, 5.74) is 0.552. The summed E-state index contributed by atoms with van der Waals surface area (Å²) in [6.45, 7) is 1.39. The molecule has 0 radical (unpaired) electrons. The second-order valence-corrected chi connectivity index (χ2v) is 4.42. The fourth-order valence-electron chi connectivity index (χ4n) is 1.80. The van der Waals surface area contributed by atoms with Crippen molar-refractivity contribution in [2.24, 2.45) is 5.73 Å². The van der Waals surface area contributed by atoms with Crippen molar-refractivity contribution in [2.45, 2.75) is 37.8 Å². The lowest BCUT2D eigenvalue weighted by Gasteiger charge is -2.23. The first-order chi connectivity index (χ1) is 9.39. The Kier molecular flexibility index (Phi) is 4.89. The number of halogens is 7. The standard InChI is InChI=1S/C12H12F7NO/c1-2-8(21)10(20)9-6(12(17,18)19)3-5(4-7(9)13)11(14,15)16/h3-4,8,10,21H,2,20H2,1H3/t8-,10-/m1/s1. The van der Waals surface area contributed by atoms with E-state index < -0.39 is 47.0 Å². The van der Waals surface area contributed by atoms with Gasteiger partial charge in [-0.15, -0.1) is 0 Å². The molecule has 0 aromatic heterocycles. The first-order valence-corrected chi connectivity index (χ1v) is 5.81. The van der Waals surface area contributed by atoms with Crippen molar-refractivity contribution in [2.75, 3.05) is 0 Å². The third kappa shape index (κ3) is 3.85. The normalized spacial score (nSPS) is 15.9. The molecule has 1 aromatic rings. The molecular formula is C12H12F7NO. The molecule has 9 heteroatoms. The minimum absolute atomic E-state index is 0.0627. The maximum Gasteiger partial charge on any atom is 0.416 e. The van der Waals surface area contributed by atoms with Gasteiger partial charge in [0.2, 0.25) is 0 Å². The van der Waals surface area contributed by atoms with Gasteiger partial charge in [0.05, 0.1) is 23.3 Å². The molecule has 3 N–H and O–H groups in total. The molecule has 0 saturated heterocycles. The number of alkyl halides is 6. The molecule has 0 bridgehead atoms. The number of hydrogen-bond donors (Lipinski definition) is 2. The molecule has 0 aliphatic heterocycles. The predicted octanol–water partition coefficient (Wildman–Crippen LogP) is 3.63. The topological polar surface area (TPSA) is 46.2 Å². The highest BCUT2D eigenvalue weighted by molar-refractivity contribution is 5.39. The molecule has 2 nitrogen and oxygen atoms in total. The summed E-state index contributed by atoms with van der Waals surface area (Å²) in [4.78, 5) is 0. The summed E-state index contributed by atoms with van der Waals surface area (Å²) in [5.74, 6) is -1.75. The lowest BCUT2D eigenvalue weighted by Crippen LogP contribution is -2.29. The van der Waals surface area contributed by atoms with Gasteiger partial charge < -0.3 is 10.8 Å². The van der Waals surface area contributed by atoms with Crippen molar-refractivity contribution in [3.8, 4) is 0 Å². The van der Waals surface area contributed by atoms with Crippen LogP contribution in [0.15, 0.2) is 12.1 Å². The average molecular weight is 319 g/mol. The van der Waals surface area contributed by atoms with E-state index in [0.717, 1.165) is 0 Å². The lowest BCUT2D eigenvalue weighted by molar-refractivity contribution is -0.144. The number of benzene rings is 1. The molecule has 21 heavy (non-hydrogen) atoms. The molecule has 0 aliphatic carbocycles. The minimum Gasteiger partial charge on any atom is -0.391 e. The Bertz CT molecular complexity index is 510. The van der Waals surface area contributed by atoms with Gasteiger partial charge in [-0.3, -0.25) is 0 Å². The third-order valence-electron chi connectivity index (χ3n) is 2.93. The van der Waals surface area contributed by atoms with Crippen LogP contribution in [0.25, 0.3) is 0 Å². The van der Waals surface area contributed by atoms with Crippen molar-refractivity contribution in [1.82, 2.24) is 0 Å². The molecule has 0 heterocycles. The van der Waals surface area contributed by atoms with E-state index in [4.69, 9.17) is 5.73 Å². The van der Waals surface area contributed by atoms with E-state index in [9.17, 15) is 35.8 Å². The second kappa shape index (κ2) is 5.80. The van der Waals surface area contributed by atoms with Crippen LogP contribution in [0.1, 0.15) is 36.1 Å². The van der Waals surface area contributed by atoms with E-state index in [1.165, 1.54) is 6.92 Å². The van der Waals surface area contributed by atoms with Crippen LogP contribution >= 0.6 is 0 Å². The minimum atomic E-state index is -5.23.